The Hall–Kier alpha value is -1.67. The molecule has 1 aliphatic rings. The van der Waals surface area contributed by atoms with Gasteiger partial charge in [0, 0.05) is 12.1 Å². The molecule has 122 valence electrons. The van der Waals surface area contributed by atoms with Gasteiger partial charge in [0.25, 0.3) is 5.69 Å². The third kappa shape index (κ3) is 3.56. The largest absolute Gasteiger partial charge is 0.376 e. The maximum atomic E-state index is 11.8. The quantitative estimate of drug-likeness (QED) is 0.639. The van der Waals surface area contributed by atoms with Crippen molar-refractivity contribution in [1.82, 2.24) is 4.72 Å². The van der Waals surface area contributed by atoms with Crippen LogP contribution in [0.15, 0.2) is 23.1 Å². The number of sulfonamides is 1. The highest BCUT2D eigenvalue weighted by molar-refractivity contribution is 7.89. The van der Waals surface area contributed by atoms with Crippen LogP contribution in [0.1, 0.15) is 32.6 Å². The monoisotopic (exact) mass is 327 g/mol. The maximum Gasteiger partial charge on any atom is 0.293 e. The number of hydrogen-bond donors (Lipinski definition) is 2. The summed E-state index contributed by atoms with van der Waals surface area (Å²) in [4.78, 5) is 10.6. The third-order valence-electron chi connectivity index (χ3n) is 4.20. The van der Waals surface area contributed by atoms with Crippen molar-refractivity contribution in [3.05, 3.63) is 28.3 Å². The molecule has 2 N–H and O–H groups in total. The molecule has 0 aromatic heterocycles. The van der Waals surface area contributed by atoms with E-state index in [0.717, 1.165) is 25.3 Å². The van der Waals surface area contributed by atoms with E-state index >= 15 is 0 Å². The molecule has 2 atom stereocenters. The Morgan fingerprint density at radius 3 is 2.55 bits per heavy atom. The van der Waals surface area contributed by atoms with Crippen LogP contribution < -0.4 is 10.0 Å². The Morgan fingerprint density at radius 2 is 1.95 bits per heavy atom. The topological polar surface area (TPSA) is 101 Å². The van der Waals surface area contributed by atoms with Gasteiger partial charge in [-0.2, -0.15) is 0 Å². The van der Waals surface area contributed by atoms with Crippen molar-refractivity contribution in [2.75, 3.05) is 12.4 Å². The molecule has 22 heavy (non-hydrogen) atoms. The summed E-state index contributed by atoms with van der Waals surface area (Å²) in [6.45, 7) is 2.13. The van der Waals surface area contributed by atoms with Crippen LogP contribution in [0.2, 0.25) is 0 Å². The lowest BCUT2D eigenvalue weighted by Crippen LogP contribution is -2.30. The molecule has 2 rings (SSSR count). The predicted molar refractivity (Wildman–Crippen MR) is 84.4 cm³/mol. The molecule has 1 aromatic carbocycles. The molecule has 8 heteroatoms. The van der Waals surface area contributed by atoms with Gasteiger partial charge < -0.3 is 5.32 Å². The van der Waals surface area contributed by atoms with Gasteiger partial charge >= 0.3 is 0 Å². The first-order chi connectivity index (χ1) is 10.3. The maximum absolute atomic E-state index is 11.8. The number of nitro groups is 1. The number of nitrogens with one attached hydrogen (secondary N) is 2. The summed E-state index contributed by atoms with van der Waals surface area (Å²) < 4.78 is 25.7. The predicted octanol–water partition coefficient (Wildman–Crippen LogP) is 2.49. The van der Waals surface area contributed by atoms with Gasteiger partial charge in [-0.15, -0.1) is 0 Å². The first kappa shape index (κ1) is 16.7. The number of nitro benzene ring substituents is 1. The van der Waals surface area contributed by atoms with Crippen molar-refractivity contribution in [3.8, 4) is 0 Å². The zero-order chi connectivity index (χ0) is 16.3. The first-order valence-electron chi connectivity index (χ1n) is 7.33. The van der Waals surface area contributed by atoms with Crippen molar-refractivity contribution in [2.45, 2.75) is 43.5 Å². The Bertz CT molecular complexity index is 660. The summed E-state index contributed by atoms with van der Waals surface area (Å²) in [6, 6.07) is 4.14. The molecule has 0 aliphatic heterocycles. The van der Waals surface area contributed by atoms with Crippen LogP contribution in [0.4, 0.5) is 11.4 Å². The fraction of sp³-hybridized carbons (Fsp3) is 0.571. The lowest BCUT2D eigenvalue weighted by Gasteiger charge is -2.30. The van der Waals surface area contributed by atoms with Gasteiger partial charge in [-0.1, -0.05) is 19.8 Å². The third-order valence-corrected chi connectivity index (χ3v) is 5.61. The normalized spacial score (nSPS) is 22.3. The van der Waals surface area contributed by atoms with Crippen LogP contribution in [0.5, 0.6) is 0 Å². The average molecular weight is 327 g/mol. The number of rotatable bonds is 5. The minimum atomic E-state index is -3.70. The summed E-state index contributed by atoms with van der Waals surface area (Å²) in [6.07, 6.45) is 4.34. The van der Waals surface area contributed by atoms with Gasteiger partial charge in [-0.25, -0.2) is 13.1 Å². The molecule has 0 unspecified atom stereocenters. The van der Waals surface area contributed by atoms with E-state index in [-0.39, 0.29) is 16.6 Å². The van der Waals surface area contributed by atoms with Crippen LogP contribution in [-0.4, -0.2) is 26.4 Å². The van der Waals surface area contributed by atoms with E-state index < -0.39 is 14.9 Å². The SMILES string of the molecule is CNS(=O)(=O)c1ccc(N[C@@H]2CCCC[C@@H]2C)c([N+](=O)[O-])c1. The highest BCUT2D eigenvalue weighted by Crippen LogP contribution is 2.32. The summed E-state index contributed by atoms with van der Waals surface area (Å²) >= 11 is 0. The van der Waals surface area contributed by atoms with Crippen molar-refractivity contribution in [3.63, 3.8) is 0 Å². The highest BCUT2D eigenvalue weighted by Gasteiger charge is 2.25. The molecule has 1 aromatic rings. The van der Waals surface area contributed by atoms with Gasteiger partial charge in [-0.3, -0.25) is 10.1 Å². The molecule has 7 nitrogen and oxygen atoms in total. The molecular formula is C14H21N3O4S. The minimum Gasteiger partial charge on any atom is -0.376 e. The Kier molecular flexibility index (Phi) is 5.02. The molecule has 1 saturated carbocycles. The molecule has 1 fully saturated rings. The number of benzene rings is 1. The summed E-state index contributed by atoms with van der Waals surface area (Å²) in [5.74, 6) is 0.439. The minimum absolute atomic E-state index is 0.107. The van der Waals surface area contributed by atoms with Gasteiger partial charge in [0.05, 0.1) is 9.82 Å². The van der Waals surface area contributed by atoms with Gasteiger partial charge in [-0.05, 0) is 37.9 Å². The first-order valence-corrected chi connectivity index (χ1v) is 8.82. The van der Waals surface area contributed by atoms with E-state index in [4.69, 9.17) is 0 Å². The molecule has 0 amide bonds. The Morgan fingerprint density at radius 1 is 1.27 bits per heavy atom. The second-order valence-corrected chi connectivity index (χ2v) is 7.54. The molecule has 0 heterocycles. The smallest absolute Gasteiger partial charge is 0.293 e. The molecule has 0 radical (unpaired) electrons. The van der Waals surface area contributed by atoms with E-state index in [1.54, 1.807) is 0 Å². The number of hydrogen-bond acceptors (Lipinski definition) is 5. The van der Waals surface area contributed by atoms with Crippen molar-refractivity contribution in [1.29, 1.82) is 0 Å². The highest BCUT2D eigenvalue weighted by atomic mass is 32.2. The van der Waals surface area contributed by atoms with Crippen molar-refractivity contribution < 1.29 is 13.3 Å². The van der Waals surface area contributed by atoms with Crippen molar-refractivity contribution >= 4 is 21.4 Å². The summed E-state index contributed by atoms with van der Waals surface area (Å²) in [5.41, 5.74) is 0.160. The number of nitrogens with zero attached hydrogens (tertiary/aromatic N) is 1. The van der Waals surface area contributed by atoms with E-state index in [9.17, 15) is 18.5 Å². The standard InChI is InChI=1S/C14H21N3O4S/c1-10-5-3-4-6-12(10)16-13-8-7-11(22(20,21)15-2)9-14(13)17(18)19/h7-10,12,15-16H,3-6H2,1-2H3/t10-,12+/m0/s1. The Labute approximate surface area is 130 Å². The zero-order valence-corrected chi connectivity index (χ0v) is 13.5. The van der Waals surface area contributed by atoms with E-state index in [0.29, 0.717) is 11.6 Å². The second kappa shape index (κ2) is 6.62. The summed E-state index contributed by atoms with van der Waals surface area (Å²) in [7, 11) is -2.42. The van der Waals surface area contributed by atoms with Crippen LogP contribution in [0.25, 0.3) is 0 Å². The molecule has 0 bridgehead atoms. The zero-order valence-electron chi connectivity index (χ0n) is 12.7. The molecule has 0 saturated heterocycles. The van der Waals surface area contributed by atoms with Gasteiger partial charge in [0.1, 0.15) is 5.69 Å². The van der Waals surface area contributed by atoms with Gasteiger partial charge in [0.15, 0.2) is 0 Å². The van der Waals surface area contributed by atoms with Crippen LogP contribution in [0.3, 0.4) is 0 Å². The molecule has 0 spiro atoms. The Balaban J connectivity index is 2.33. The van der Waals surface area contributed by atoms with Crippen LogP contribution >= 0.6 is 0 Å². The van der Waals surface area contributed by atoms with E-state index in [1.807, 2.05) is 0 Å². The average Bonchev–Trinajstić information content (AvgIpc) is 2.49. The number of anilines is 1. The molecular weight excluding hydrogens is 306 g/mol. The fourth-order valence-corrected chi connectivity index (χ4v) is 3.55. The van der Waals surface area contributed by atoms with Gasteiger partial charge in [0.2, 0.25) is 10.0 Å². The second-order valence-electron chi connectivity index (χ2n) is 5.66. The van der Waals surface area contributed by atoms with Crippen LogP contribution in [-0.2, 0) is 10.0 Å². The van der Waals surface area contributed by atoms with E-state index in [1.165, 1.54) is 25.6 Å². The van der Waals surface area contributed by atoms with Crippen LogP contribution in [0, 0.1) is 16.0 Å². The lowest BCUT2D eigenvalue weighted by molar-refractivity contribution is -0.384. The lowest BCUT2D eigenvalue weighted by atomic mass is 9.86. The summed E-state index contributed by atoms with van der Waals surface area (Å²) in [5, 5.41) is 14.5. The van der Waals surface area contributed by atoms with E-state index in [2.05, 4.69) is 17.0 Å². The fourth-order valence-electron chi connectivity index (χ4n) is 2.80. The van der Waals surface area contributed by atoms with Crippen molar-refractivity contribution in [2.24, 2.45) is 5.92 Å². The molecule has 1 aliphatic carbocycles.